The highest BCUT2D eigenvalue weighted by Gasteiger charge is 2.13. The molecule has 0 aromatic carbocycles. The largest absolute Gasteiger partial charge is 0.470 e. The lowest BCUT2D eigenvalue weighted by molar-refractivity contribution is -0.119. The Morgan fingerprint density at radius 1 is 1.88 bits per heavy atom. The van der Waals surface area contributed by atoms with Gasteiger partial charge >= 0.3 is 0 Å². The Balaban J connectivity index is 2.50. The van der Waals surface area contributed by atoms with Gasteiger partial charge in [0.05, 0.1) is 0 Å². The first-order valence-corrected chi connectivity index (χ1v) is 2.34. The molecule has 1 aliphatic rings. The van der Waals surface area contributed by atoms with Crippen molar-refractivity contribution in [1.29, 1.82) is 0 Å². The monoisotopic (exact) mass is 113 g/mol. The van der Waals surface area contributed by atoms with Crippen molar-refractivity contribution in [3.8, 4) is 0 Å². The molecule has 0 aromatic rings. The zero-order valence-corrected chi connectivity index (χ0v) is 4.57. The van der Waals surface area contributed by atoms with Gasteiger partial charge in [0, 0.05) is 13.2 Å². The topological polar surface area (TPSA) is 29.5 Å². The van der Waals surface area contributed by atoms with Gasteiger partial charge in [0.2, 0.25) is 6.23 Å². The van der Waals surface area contributed by atoms with E-state index in [0.717, 1.165) is 6.29 Å². The van der Waals surface area contributed by atoms with Gasteiger partial charge in [-0.2, -0.15) is 0 Å². The van der Waals surface area contributed by atoms with Gasteiger partial charge in [0.25, 0.3) is 0 Å². The Labute approximate surface area is 47.5 Å². The number of rotatable bonds is 1. The molecule has 0 radical (unpaired) electrons. The second kappa shape index (κ2) is 1.86. The van der Waals surface area contributed by atoms with Crippen molar-refractivity contribution in [1.82, 2.24) is 4.90 Å². The zero-order valence-electron chi connectivity index (χ0n) is 4.57. The molecular weight excluding hydrogens is 106 g/mol. The van der Waals surface area contributed by atoms with Crippen LogP contribution in [-0.4, -0.2) is 24.5 Å². The standard InChI is InChI=1S/C5H7NO2/c1-6-2-3-8-5(6)4-7/h2-5H,1H3. The molecule has 0 bridgehead atoms. The van der Waals surface area contributed by atoms with Crippen LogP contribution in [0.5, 0.6) is 0 Å². The molecule has 1 rings (SSSR count). The molecule has 0 amide bonds. The van der Waals surface area contributed by atoms with E-state index in [1.807, 2.05) is 0 Å². The molecule has 0 saturated carbocycles. The summed E-state index contributed by atoms with van der Waals surface area (Å²) in [7, 11) is 1.78. The van der Waals surface area contributed by atoms with Crippen LogP contribution in [0.1, 0.15) is 0 Å². The van der Waals surface area contributed by atoms with Crippen LogP contribution in [0, 0.1) is 0 Å². The van der Waals surface area contributed by atoms with Crippen LogP contribution >= 0.6 is 0 Å². The summed E-state index contributed by atoms with van der Waals surface area (Å²) >= 11 is 0. The fourth-order valence-corrected chi connectivity index (χ4v) is 0.521. The van der Waals surface area contributed by atoms with Gasteiger partial charge in [0.1, 0.15) is 6.26 Å². The van der Waals surface area contributed by atoms with Gasteiger partial charge in [-0.1, -0.05) is 0 Å². The molecule has 0 N–H and O–H groups in total. The van der Waals surface area contributed by atoms with E-state index in [9.17, 15) is 4.79 Å². The summed E-state index contributed by atoms with van der Waals surface area (Å²) < 4.78 is 4.79. The van der Waals surface area contributed by atoms with E-state index < -0.39 is 6.23 Å². The molecule has 1 unspecified atom stereocenters. The van der Waals surface area contributed by atoms with E-state index in [0.29, 0.717) is 0 Å². The number of carbonyl (C=O) groups excluding carboxylic acids is 1. The highest BCUT2D eigenvalue weighted by atomic mass is 16.5. The van der Waals surface area contributed by atoms with Crippen LogP contribution in [-0.2, 0) is 9.53 Å². The third-order valence-electron chi connectivity index (χ3n) is 1.03. The molecule has 1 aliphatic heterocycles. The second-order valence-electron chi connectivity index (χ2n) is 1.61. The number of nitrogens with zero attached hydrogens (tertiary/aromatic N) is 1. The number of ether oxygens (including phenoxy) is 1. The van der Waals surface area contributed by atoms with Gasteiger partial charge in [-0.15, -0.1) is 0 Å². The lowest BCUT2D eigenvalue weighted by Gasteiger charge is -2.11. The van der Waals surface area contributed by atoms with Gasteiger partial charge in [-0.05, 0) is 0 Å². The number of likely N-dealkylation sites (N-methyl/N-ethyl adjacent to an activating group) is 1. The average molecular weight is 113 g/mol. The Hall–Kier alpha value is -0.990. The van der Waals surface area contributed by atoms with Crippen LogP contribution in [0.15, 0.2) is 12.5 Å². The third kappa shape index (κ3) is 0.665. The van der Waals surface area contributed by atoms with E-state index in [4.69, 9.17) is 4.74 Å². The Morgan fingerprint density at radius 3 is 2.88 bits per heavy atom. The van der Waals surface area contributed by atoms with Crippen molar-refractivity contribution in [2.24, 2.45) is 0 Å². The maximum Gasteiger partial charge on any atom is 0.227 e. The van der Waals surface area contributed by atoms with Crippen LogP contribution in [0.2, 0.25) is 0 Å². The van der Waals surface area contributed by atoms with Gasteiger partial charge in [-0.3, -0.25) is 4.79 Å². The molecule has 3 heteroatoms. The molecule has 3 nitrogen and oxygen atoms in total. The minimum absolute atomic E-state index is 0.394. The average Bonchev–Trinajstić information content (AvgIpc) is 2.14. The van der Waals surface area contributed by atoms with Crippen molar-refractivity contribution in [3.63, 3.8) is 0 Å². The summed E-state index contributed by atoms with van der Waals surface area (Å²) in [6.07, 6.45) is 3.56. The number of hydrogen-bond acceptors (Lipinski definition) is 3. The molecule has 0 aliphatic carbocycles. The summed E-state index contributed by atoms with van der Waals surface area (Å²) in [6.45, 7) is 0. The molecule has 0 aromatic heterocycles. The molecule has 1 atom stereocenters. The molecular formula is C5H7NO2. The maximum absolute atomic E-state index is 10.0. The Bertz CT molecular complexity index is 122. The van der Waals surface area contributed by atoms with Gasteiger partial charge in [0.15, 0.2) is 6.29 Å². The maximum atomic E-state index is 10.0. The normalized spacial score (nSPS) is 25.6. The van der Waals surface area contributed by atoms with Crippen LogP contribution in [0.4, 0.5) is 0 Å². The Kier molecular flexibility index (Phi) is 1.20. The first kappa shape index (κ1) is 5.15. The molecule has 0 spiro atoms. The van der Waals surface area contributed by atoms with Gasteiger partial charge in [-0.25, -0.2) is 0 Å². The van der Waals surface area contributed by atoms with Gasteiger partial charge < -0.3 is 9.64 Å². The second-order valence-corrected chi connectivity index (χ2v) is 1.61. The number of aldehydes is 1. The van der Waals surface area contributed by atoms with Crippen LogP contribution < -0.4 is 0 Å². The molecule has 44 valence electrons. The van der Waals surface area contributed by atoms with Crippen molar-refractivity contribution in [2.75, 3.05) is 7.05 Å². The molecule has 8 heavy (non-hydrogen) atoms. The molecule has 0 fully saturated rings. The van der Waals surface area contributed by atoms with Crippen molar-refractivity contribution in [3.05, 3.63) is 12.5 Å². The number of hydrogen-bond donors (Lipinski definition) is 0. The predicted octanol–water partition coefficient (Wildman–Crippen LogP) is -0.0554. The fourth-order valence-electron chi connectivity index (χ4n) is 0.521. The summed E-state index contributed by atoms with van der Waals surface area (Å²) in [4.78, 5) is 11.7. The quantitative estimate of drug-likeness (QED) is 0.446. The minimum Gasteiger partial charge on any atom is -0.470 e. The van der Waals surface area contributed by atoms with E-state index in [2.05, 4.69) is 0 Å². The van der Waals surface area contributed by atoms with Crippen LogP contribution in [0.25, 0.3) is 0 Å². The van der Waals surface area contributed by atoms with E-state index in [1.165, 1.54) is 6.26 Å². The first-order valence-electron chi connectivity index (χ1n) is 2.34. The summed E-state index contributed by atoms with van der Waals surface area (Å²) in [5.74, 6) is 0. The lowest BCUT2D eigenvalue weighted by atomic mass is 10.6. The third-order valence-corrected chi connectivity index (χ3v) is 1.03. The highest BCUT2D eigenvalue weighted by molar-refractivity contribution is 5.56. The zero-order chi connectivity index (χ0) is 5.98. The molecule has 1 heterocycles. The first-order chi connectivity index (χ1) is 3.84. The number of carbonyl (C=O) groups is 1. The molecule has 0 saturated heterocycles. The van der Waals surface area contributed by atoms with Crippen molar-refractivity contribution < 1.29 is 9.53 Å². The fraction of sp³-hybridized carbons (Fsp3) is 0.400. The minimum atomic E-state index is -0.394. The van der Waals surface area contributed by atoms with E-state index in [1.54, 1.807) is 18.1 Å². The smallest absolute Gasteiger partial charge is 0.227 e. The summed E-state index contributed by atoms with van der Waals surface area (Å²) in [5, 5.41) is 0. The van der Waals surface area contributed by atoms with Crippen LogP contribution in [0.3, 0.4) is 0 Å². The predicted molar refractivity (Wildman–Crippen MR) is 27.8 cm³/mol. The Morgan fingerprint density at radius 2 is 2.62 bits per heavy atom. The highest BCUT2D eigenvalue weighted by Crippen LogP contribution is 2.03. The summed E-state index contributed by atoms with van der Waals surface area (Å²) in [5.41, 5.74) is 0. The van der Waals surface area contributed by atoms with E-state index >= 15 is 0 Å². The lowest BCUT2D eigenvalue weighted by Crippen LogP contribution is -2.24. The van der Waals surface area contributed by atoms with Crippen molar-refractivity contribution >= 4 is 6.29 Å². The SMILES string of the molecule is CN1C=COC1C=O. The summed E-state index contributed by atoms with van der Waals surface area (Å²) in [6, 6.07) is 0. The van der Waals surface area contributed by atoms with E-state index in [-0.39, 0.29) is 0 Å². The van der Waals surface area contributed by atoms with Crippen molar-refractivity contribution in [2.45, 2.75) is 6.23 Å².